The molecule has 1 spiro atoms. The van der Waals surface area contributed by atoms with Crippen LogP contribution in [0.25, 0.3) is 0 Å². The summed E-state index contributed by atoms with van der Waals surface area (Å²) in [5.74, 6) is -1.75. The summed E-state index contributed by atoms with van der Waals surface area (Å²) in [6.45, 7) is 10.9. The fourth-order valence-electron chi connectivity index (χ4n) is 6.97. The van der Waals surface area contributed by atoms with Gasteiger partial charge >= 0.3 is 5.97 Å². The van der Waals surface area contributed by atoms with E-state index in [0.717, 1.165) is 38.5 Å². The number of aliphatic hydroxyl groups excluding tert-OH is 1. The van der Waals surface area contributed by atoms with Crippen LogP contribution in [0, 0.1) is 17.8 Å². The second-order valence-electron chi connectivity index (χ2n) is 11.4. The molecule has 2 amide bonds. The normalized spacial score (nSPS) is 28.0. The second kappa shape index (κ2) is 14.3. The van der Waals surface area contributed by atoms with Crippen molar-refractivity contribution in [1.82, 2.24) is 4.90 Å². The molecule has 3 unspecified atom stereocenters. The van der Waals surface area contributed by atoms with Gasteiger partial charge in [-0.05, 0) is 56.6 Å². The highest BCUT2D eigenvalue weighted by molar-refractivity contribution is 8.02. The summed E-state index contributed by atoms with van der Waals surface area (Å²) in [6.07, 6.45) is 9.89. The van der Waals surface area contributed by atoms with E-state index in [1.54, 1.807) is 33.7 Å². The van der Waals surface area contributed by atoms with Gasteiger partial charge in [0, 0.05) is 24.9 Å². The molecule has 1 aromatic carbocycles. The molecule has 3 aliphatic rings. The Hall–Kier alpha value is -2.29. The number of likely N-dealkylation sites (tertiary alicyclic amines) is 1. The first-order valence-electron chi connectivity index (χ1n) is 14.9. The van der Waals surface area contributed by atoms with E-state index >= 15 is 0 Å². The van der Waals surface area contributed by atoms with Gasteiger partial charge in [0.2, 0.25) is 5.91 Å². The number of anilines is 1. The Morgan fingerprint density at radius 2 is 1.93 bits per heavy atom. The molecule has 0 saturated carbocycles. The molecule has 3 fully saturated rings. The van der Waals surface area contributed by atoms with Crippen LogP contribution in [0.5, 0.6) is 0 Å². The largest absolute Gasteiger partial charge is 0.465 e. The van der Waals surface area contributed by atoms with Gasteiger partial charge in [0.25, 0.3) is 5.91 Å². The number of rotatable bonds is 16. The van der Waals surface area contributed by atoms with Gasteiger partial charge in [-0.1, -0.05) is 55.7 Å². The van der Waals surface area contributed by atoms with Crippen molar-refractivity contribution >= 4 is 46.8 Å². The third-order valence-corrected chi connectivity index (χ3v) is 11.2. The third-order valence-electron chi connectivity index (χ3n) is 8.83. The van der Waals surface area contributed by atoms with Crippen molar-refractivity contribution in [2.24, 2.45) is 17.8 Å². The Morgan fingerprint density at radius 1 is 1.17 bits per heavy atom. The van der Waals surface area contributed by atoms with E-state index in [1.165, 1.54) is 0 Å². The Morgan fingerprint density at radius 3 is 2.63 bits per heavy atom. The van der Waals surface area contributed by atoms with Crippen LogP contribution < -0.4 is 4.90 Å². The van der Waals surface area contributed by atoms with Crippen LogP contribution in [0.15, 0.2) is 49.6 Å². The molecule has 6 atom stereocenters. The molecule has 3 heterocycles. The fraction of sp³-hybridized carbons (Fsp3) is 0.594. The first kappa shape index (κ1) is 31.6. The molecule has 0 aliphatic carbocycles. The molecular weight excluding hydrogens is 560 g/mol. The van der Waals surface area contributed by atoms with Crippen molar-refractivity contribution in [3.63, 3.8) is 0 Å². The molecule has 3 aliphatic heterocycles. The predicted octanol–water partition coefficient (Wildman–Crippen LogP) is 5.65. The van der Waals surface area contributed by atoms with E-state index in [1.807, 2.05) is 24.3 Å². The van der Waals surface area contributed by atoms with Crippen molar-refractivity contribution in [2.75, 3.05) is 31.2 Å². The minimum absolute atomic E-state index is 0.0604. The maximum atomic E-state index is 14.7. The molecule has 7 nitrogen and oxygen atoms in total. The topological polar surface area (TPSA) is 87.2 Å². The molecule has 9 heteroatoms. The summed E-state index contributed by atoms with van der Waals surface area (Å²) < 4.78 is 5.01. The lowest BCUT2D eigenvalue weighted by atomic mass is 9.66. The number of carbonyl (C=O) groups is 3. The van der Waals surface area contributed by atoms with Crippen molar-refractivity contribution in [3.8, 4) is 0 Å². The van der Waals surface area contributed by atoms with Crippen molar-refractivity contribution in [2.45, 2.75) is 74.3 Å². The van der Waals surface area contributed by atoms with Crippen LogP contribution in [0.2, 0.25) is 5.02 Å². The number of benzene rings is 1. The van der Waals surface area contributed by atoms with Gasteiger partial charge in [0.1, 0.15) is 6.04 Å². The van der Waals surface area contributed by atoms with E-state index in [-0.39, 0.29) is 42.1 Å². The second-order valence-corrected chi connectivity index (χ2v) is 13.3. The number of esters is 1. The van der Waals surface area contributed by atoms with E-state index in [2.05, 4.69) is 20.1 Å². The van der Waals surface area contributed by atoms with Crippen LogP contribution in [0.1, 0.15) is 58.3 Å². The number of unbranched alkanes of at least 4 members (excludes halogenated alkanes) is 5. The van der Waals surface area contributed by atoms with Crippen LogP contribution in [-0.4, -0.2) is 70.1 Å². The molecular formula is C32H43ClN2O5S. The highest BCUT2D eigenvalue weighted by atomic mass is 35.5. The van der Waals surface area contributed by atoms with Gasteiger partial charge in [0.05, 0.1) is 33.9 Å². The Labute approximate surface area is 253 Å². The SMILES string of the molecule is C=CCCCCOC(=O)[C@@H]1[C@@H]2CC(C)C3(S2)C(C(=O)N(CC=C)c2ccccc2Cl)N(CCCCCCO)C(=O)[C@H]13. The summed E-state index contributed by atoms with van der Waals surface area (Å²) >= 11 is 8.21. The maximum Gasteiger partial charge on any atom is 0.310 e. The van der Waals surface area contributed by atoms with E-state index in [4.69, 9.17) is 16.3 Å². The highest BCUT2D eigenvalue weighted by Crippen LogP contribution is 2.69. The van der Waals surface area contributed by atoms with Gasteiger partial charge < -0.3 is 19.6 Å². The standard InChI is InChI=1S/C32H43ClN2O5S/c1-4-6-7-14-20-40-31(39)26-25-21-22(3)32(41-25)27(26)29(37)35(18-12-8-9-13-19-36)28(32)30(38)34(17-5-2)24-16-11-10-15-23(24)33/h4-5,10-11,15-16,22,25-28,36H,1-2,6-9,12-14,17-21H2,3H3/t22?,25-,26+,27-,28?,32?/m0/s1. The molecule has 0 aromatic heterocycles. The van der Waals surface area contributed by atoms with Crippen LogP contribution in [-0.2, 0) is 19.1 Å². The fourth-order valence-corrected chi connectivity index (χ4v) is 9.61. The number of allylic oxidation sites excluding steroid dienone is 1. The number of para-hydroxylation sites is 1. The molecule has 3 saturated heterocycles. The van der Waals surface area contributed by atoms with E-state index in [0.29, 0.717) is 36.7 Å². The molecule has 0 radical (unpaired) electrons. The smallest absolute Gasteiger partial charge is 0.310 e. The van der Waals surface area contributed by atoms with E-state index < -0.39 is 22.6 Å². The zero-order chi connectivity index (χ0) is 29.6. The molecule has 224 valence electrons. The molecule has 1 N–H and O–H groups in total. The average molecular weight is 603 g/mol. The summed E-state index contributed by atoms with van der Waals surface area (Å²) in [6, 6.07) is 6.48. The number of hydrogen-bond donors (Lipinski definition) is 1. The first-order valence-corrected chi connectivity index (χ1v) is 16.1. The summed E-state index contributed by atoms with van der Waals surface area (Å²) in [5, 5.41) is 9.58. The first-order chi connectivity index (χ1) is 19.8. The minimum atomic E-state index is -0.732. The lowest BCUT2D eigenvalue weighted by Crippen LogP contribution is -2.57. The Balaban J connectivity index is 1.67. The van der Waals surface area contributed by atoms with Crippen molar-refractivity contribution in [3.05, 3.63) is 54.6 Å². The van der Waals surface area contributed by atoms with Gasteiger partial charge in [-0.25, -0.2) is 0 Å². The predicted molar refractivity (Wildman–Crippen MR) is 165 cm³/mol. The van der Waals surface area contributed by atoms with Crippen LogP contribution in [0.3, 0.4) is 0 Å². The summed E-state index contributed by atoms with van der Waals surface area (Å²) in [7, 11) is 0. The average Bonchev–Trinajstić information content (AvgIpc) is 3.55. The van der Waals surface area contributed by atoms with E-state index in [9.17, 15) is 19.5 Å². The number of aliphatic hydroxyl groups is 1. The quantitative estimate of drug-likeness (QED) is 0.149. The number of fused-ring (bicyclic) bond motifs is 1. The molecule has 2 bridgehead atoms. The molecule has 1 aromatic rings. The number of ether oxygens (including phenoxy) is 1. The minimum Gasteiger partial charge on any atom is -0.465 e. The van der Waals surface area contributed by atoms with Crippen molar-refractivity contribution in [1.29, 1.82) is 0 Å². The number of thioether (sulfide) groups is 1. The zero-order valence-electron chi connectivity index (χ0n) is 24.0. The molecule has 4 rings (SSSR count). The van der Waals surface area contributed by atoms with Crippen LogP contribution in [0.4, 0.5) is 5.69 Å². The maximum absolute atomic E-state index is 14.7. The Kier molecular flexibility index (Phi) is 11.0. The lowest BCUT2D eigenvalue weighted by molar-refractivity contribution is -0.154. The zero-order valence-corrected chi connectivity index (χ0v) is 25.6. The van der Waals surface area contributed by atoms with Crippen LogP contribution >= 0.6 is 23.4 Å². The van der Waals surface area contributed by atoms with Gasteiger partial charge in [-0.2, -0.15) is 0 Å². The molecule has 41 heavy (non-hydrogen) atoms. The lowest BCUT2D eigenvalue weighted by Gasteiger charge is -2.40. The third kappa shape index (κ3) is 6.11. The Bertz CT molecular complexity index is 1130. The highest BCUT2D eigenvalue weighted by Gasteiger charge is 2.76. The number of amides is 2. The van der Waals surface area contributed by atoms with Gasteiger partial charge in [-0.3, -0.25) is 14.4 Å². The van der Waals surface area contributed by atoms with Crippen molar-refractivity contribution < 1.29 is 24.2 Å². The number of halogens is 1. The summed E-state index contributed by atoms with van der Waals surface area (Å²) in [4.78, 5) is 45.8. The number of nitrogens with zero attached hydrogens (tertiary/aromatic N) is 2. The number of hydrogen-bond acceptors (Lipinski definition) is 6. The van der Waals surface area contributed by atoms with Gasteiger partial charge in [-0.15, -0.1) is 24.9 Å². The number of carbonyl (C=O) groups excluding carboxylic acids is 3. The monoisotopic (exact) mass is 602 g/mol. The van der Waals surface area contributed by atoms with Gasteiger partial charge in [0.15, 0.2) is 0 Å². The summed E-state index contributed by atoms with van der Waals surface area (Å²) in [5.41, 5.74) is 0.579.